The van der Waals surface area contributed by atoms with Crippen molar-refractivity contribution in [3.63, 3.8) is 0 Å². The molecule has 0 aliphatic rings. The van der Waals surface area contributed by atoms with E-state index in [4.69, 9.17) is 11.6 Å². The lowest BCUT2D eigenvalue weighted by atomic mass is 10.0. The predicted octanol–water partition coefficient (Wildman–Crippen LogP) is 4.48. The molecule has 3 heteroatoms. The summed E-state index contributed by atoms with van der Waals surface area (Å²) in [4.78, 5) is 14.1. The van der Waals surface area contributed by atoms with Gasteiger partial charge in [0.1, 0.15) is 0 Å². The van der Waals surface area contributed by atoms with E-state index in [2.05, 4.69) is 29.2 Å². The van der Waals surface area contributed by atoms with Gasteiger partial charge in [-0.05, 0) is 28.6 Å². The van der Waals surface area contributed by atoms with Gasteiger partial charge >= 0.3 is 0 Å². The van der Waals surface area contributed by atoms with Crippen LogP contribution in [0.3, 0.4) is 0 Å². The first kappa shape index (κ1) is 16.7. The molecule has 0 N–H and O–H groups in total. The van der Waals surface area contributed by atoms with Crippen molar-refractivity contribution in [1.82, 2.24) is 4.90 Å². The van der Waals surface area contributed by atoms with Crippen LogP contribution >= 0.6 is 11.6 Å². The van der Waals surface area contributed by atoms with E-state index in [0.717, 1.165) is 0 Å². The van der Waals surface area contributed by atoms with Gasteiger partial charge in [-0.1, -0.05) is 74.5 Å². The molecule has 0 saturated heterocycles. The number of carbonyl (C=O) groups is 1. The molecular weight excluding hydrogens is 294 g/mol. The van der Waals surface area contributed by atoms with Gasteiger partial charge in [0.2, 0.25) is 5.24 Å². The lowest BCUT2D eigenvalue weighted by Gasteiger charge is -2.32. The maximum Gasteiger partial charge on any atom is 0.239 e. The Morgan fingerprint density at radius 3 is 1.64 bits per heavy atom. The number of halogens is 1. The standard InChI is InChI=1S/C19H22ClNO/c1-15(2)18(19(20)22)21(13-16-9-5-3-6-10-16)14-17-11-7-4-8-12-17/h3-12,15,18H,13-14H2,1-2H3/t18-/m0/s1. The molecule has 2 aromatic carbocycles. The topological polar surface area (TPSA) is 20.3 Å². The maximum atomic E-state index is 11.9. The molecule has 2 rings (SSSR count). The van der Waals surface area contributed by atoms with E-state index in [-0.39, 0.29) is 17.2 Å². The Hall–Kier alpha value is -1.64. The van der Waals surface area contributed by atoms with Crippen molar-refractivity contribution in [3.05, 3.63) is 71.8 Å². The molecule has 0 unspecified atom stereocenters. The van der Waals surface area contributed by atoms with E-state index in [9.17, 15) is 4.79 Å². The first-order valence-corrected chi connectivity index (χ1v) is 7.97. The van der Waals surface area contributed by atoms with Crippen molar-refractivity contribution in [2.24, 2.45) is 5.92 Å². The Morgan fingerprint density at radius 2 is 1.32 bits per heavy atom. The summed E-state index contributed by atoms with van der Waals surface area (Å²) in [6.45, 7) is 5.48. The normalized spacial score (nSPS) is 12.6. The number of rotatable bonds is 7. The average Bonchev–Trinajstić information content (AvgIpc) is 2.48. The molecule has 0 heterocycles. The second-order valence-corrected chi connectivity index (χ2v) is 6.24. The van der Waals surface area contributed by atoms with Crippen LogP contribution in [-0.2, 0) is 17.9 Å². The Labute approximate surface area is 137 Å². The lowest BCUT2D eigenvalue weighted by molar-refractivity contribution is -0.118. The molecule has 2 aromatic rings. The molecule has 2 nitrogen and oxygen atoms in total. The summed E-state index contributed by atoms with van der Waals surface area (Å²) in [5.41, 5.74) is 2.36. The second kappa shape index (κ2) is 8.11. The van der Waals surface area contributed by atoms with E-state index < -0.39 is 0 Å². The van der Waals surface area contributed by atoms with Crippen LogP contribution in [0.2, 0.25) is 0 Å². The monoisotopic (exact) mass is 315 g/mol. The lowest BCUT2D eigenvalue weighted by Crippen LogP contribution is -2.42. The number of hydrogen-bond acceptors (Lipinski definition) is 2. The zero-order valence-corrected chi connectivity index (χ0v) is 13.8. The average molecular weight is 316 g/mol. The van der Waals surface area contributed by atoms with Crippen LogP contribution in [0.15, 0.2) is 60.7 Å². The Balaban J connectivity index is 2.25. The fourth-order valence-corrected chi connectivity index (χ4v) is 3.11. The molecule has 116 valence electrons. The van der Waals surface area contributed by atoms with E-state index in [1.165, 1.54) is 11.1 Å². The molecule has 0 amide bonds. The van der Waals surface area contributed by atoms with Gasteiger partial charge in [0, 0.05) is 13.1 Å². The largest absolute Gasteiger partial charge is 0.284 e. The molecule has 0 bridgehead atoms. The third kappa shape index (κ3) is 4.69. The molecule has 0 aliphatic heterocycles. The van der Waals surface area contributed by atoms with Crippen LogP contribution in [0.1, 0.15) is 25.0 Å². The van der Waals surface area contributed by atoms with Gasteiger partial charge in [0.25, 0.3) is 0 Å². The van der Waals surface area contributed by atoms with Crippen molar-refractivity contribution in [2.75, 3.05) is 0 Å². The highest BCUT2D eigenvalue weighted by Crippen LogP contribution is 2.20. The van der Waals surface area contributed by atoms with Crippen LogP contribution in [-0.4, -0.2) is 16.2 Å². The molecule has 0 saturated carbocycles. The van der Waals surface area contributed by atoms with Gasteiger partial charge in [-0.25, -0.2) is 0 Å². The van der Waals surface area contributed by atoms with Crippen LogP contribution in [0.5, 0.6) is 0 Å². The molecule has 22 heavy (non-hydrogen) atoms. The highest BCUT2D eigenvalue weighted by molar-refractivity contribution is 6.64. The number of carbonyl (C=O) groups excluding carboxylic acids is 1. The summed E-state index contributed by atoms with van der Waals surface area (Å²) in [6.07, 6.45) is 0. The predicted molar refractivity (Wildman–Crippen MR) is 91.6 cm³/mol. The first-order chi connectivity index (χ1) is 10.6. The van der Waals surface area contributed by atoms with Crippen molar-refractivity contribution < 1.29 is 4.79 Å². The molecule has 0 aromatic heterocycles. The van der Waals surface area contributed by atoms with E-state index in [1.54, 1.807) is 0 Å². The summed E-state index contributed by atoms with van der Waals surface area (Å²) in [5.74, 6) is 0.164. The van der Waals surface area contributed by atoms with Crippen LogP contribution in [0.4, 0.5) is 0 Å². The van der Waals surface area contributed by atoms with Crippen LogP contribution in [0.25, 0.3) is 0 Å². The third-order valence-electron chi connectivity index (χ3n) is 3.71. The summed E-state index contributed by atoms with van der Waals surface area (Å²) >= 11 is 5.89. The smallest absolute Gasteiger partial charge is 0.239 e. The molecule has 0 spiro atoms. The van der Waals surface area contributed by atoms with Gasteiger partial charge in [0.15, 0.2) is 0 Å². The fraction of sp³-hybridized carbons (Fsp3) is 0.316. The zero-order valence-electron chi connectivity index (χ0n) is 13.1. The molecule has 1 atom stereocenters. The van der Waals surface area contributed by atoms with E-state index in [1.807, 2.05) is 50.2 Å². The van der Waals surface area contributed by atoms with Crippen LogP contribution < -0.4 is 0 Å². The minimum absolute atomic E-state index is 0.164. The van der Waals surface area contributed by atoms with E-state index in [0.29, 0.717) is 13.1 Å². The highest BCUT2D eigenvalue weighted by atomic mass is 35.5. The number of hydrogen-bond donors (Lipinski definition) is 0. The number of nitrogens with zero attached hydrogens (tertiary/aromatic N) is 1. The quantitative estimate of drug-likeness (QED) is 0.702. The maximum absolute atomic E-state index is 11.9. The van der Waals surface area contributed by atoms with Gasteiger partial charge < -0.3 is 0 Å². The zero-order chi connectivity index (χ0) is 15.9. The van der Waals surface area contributed by atoms with Gasteiger partial charge in [-0.2, -0.15) is 0 Å². The Morgan fingerprint density at radius 1 is 0.909 bits per heavy atom. The number of benzene rings is 2. The van der Waals surface area contributed by atoms with Crippen molar-refractivity contribution in [2.45, 2.75) is 33.0 Å². The summed E-state index contributed by atoms with van der Waals surface area (Å²) in [5, 5.41) is -0.290. The van der Waals surface area contributed by atoms with E-state index >= 15 is 0 Å². The van der Waals surface area contributed by atoms with Crippen LogP contribution in [0, 0.1) is 5.92 Å². The molecule has 0 aliphatic carbocycles. The third-order valence-corrected chi connectivity index (χ3v) is 3.94. The second-order valence-electron chi connectivity index (χ2n) is 5.87. The Kier molecular flexibility index (Phi) is 6.17. The summed E-state index contributed by atoms with van der Waals surface area (Å²) in [7, 11) is 0. The van der Waals surface area contributed by atoms with Crippen molar-refractivity contribution in [1.29, 1.82) is 0 Å². The minimum Gasteiger partial charge on any atom is -0.284 e. The highest BCUT2D eigenvalue weighted by Gasteiger charge is 2.27. The SMILES string of the molecule is CC(C)[C@@H](C(=O)Cl)N(Cc1ccccc1)Cc1ccccc1. The first-order valence-electron chi connectivity index (χ1n) is 7.59. The molecule has 0 radical (unpaired) electrons. The minimum atomic E-state index is -0.290. The van der Waals surface area contributed by atoms with Gasteiger partial charge in [-0.15, -0.1) is 0 Å². The Bertz CT molecular complexity index is 541. The van der Waals surface area contributed by atoms with Gasteiger partial charge in [-0.3, -0.25) is 9.69 Å². The van der Waals surface area contributed by atoms with Gasteiger partial charge in [0.05, 0.1) is 6.04 Å². The van der Waals surface area contributed by atoms with Crippen molar-refractivity contribution >= 4 is 16.8 Å². The molecular formula is C19H22ClNO. The summed E-state index contributed by atoms with van der Waals surface area (Å²) < 4.78 is 0. The van der Waals surface area contributed by atoms with Crippen molar-refractivity contribution in [3.8, 4) is 0 Å². The molecule has 0 fully saturated rings. The fourth-order valence-electron chi connectivity index (χ4n) is 2.72. The summed E-state index contributed by atoms with van der Waals surface area (Å²) in [6, 6.07) is 20.1.